The van der Waals surface area contributed by atoms with Gasteiger partial charge >= 0.3 is 0 Å². The van der Waals surface area contributed by atoms with Crippen LogP contribution in [0.25, 0.3) is 0 Å². The average molecular weight is 260 g/mol. The molecule has 0 aliphatic heterocycles. The quantitative estimate of drug-likeness (QED) is 0.877. The third-order valence-corrected chi connectivity index (χ3v) is 4.24. The summed E-state index contributed by atoms with van der Waals surface area (Å²) in [6.07, 6.45) is 6.01. The fourth-order valence-electron chi connectivity index (χ4n) is 2.89. The molecule has 1 saturated carbocycles. The maximum atomic E-state index is 12.2. The smallest absolute Gasteiger partial charge is 0.228 e. The van der Waals surface area contributed by atoms with Gasteiger partial charge in [-0.25, -0.2) is 4.98 Å². The molecule has 1 N–H and O–H groups in total. The molecule has 0 radical (unpaired) electrons. The highest BCUT2D eigenvalue weighted by atomic mass is 16.1. The number of amides is 1. The summed E-state index contributed by atoms with van der Waals surface area (Å²) >= 11 is 0. The summed E-state index contributed by atoms with van der Waals surface area (Å²) in [5.74, 6) is 1.68. The van der Waals surface area contributed by atoms with Gasteiger partial charge in [0.15, 0.2) is 0 Å². The number of hydrogen-bond acceptors (Lipinski definition) is 2. The Morgan fingerprint density at radius 1 is 1.21 bits per heavy atom. The number of nitrogens with one attached hydrogen (secondary N) is 1. The van der Waals surface area contributed by atoms with E-state index in [1.54, 1.807) is 6.20 Å². The molecule has 1 aliphatic rings. The largest absolute Gasteiger partial charge is 0.310 e. The summed E-state index contributed by atoms with van der Waals surface area (Å²) in [5, 5.41) is 2.92. The molecule has 0 aromatic carbocycles. The number of rotatable bonds is 2. The second-order valence-corrected chi connectivity index (χ2v) is 6.62. The lowest BCUT2D eigenvalue weighted by Crippen LogP contribution is -2.31. The molecule has 1 aromatic heterocycles. The highest BCUT2D eigenvalue weighted by molar-refractivity contribution is 5.91. The van der Waals surface area contributed by atoms with Crippen LogP contribution in [-0.4, -0.2) is 10.9 Å². The van der Waals surface area contributed by atoms with Crippen LogP contribution in [0, 0.1) is 17.3 Å². The fraction of sp³-hybridized carbons (Fsp3) is 0.625. The van der Waals surface area contributed by atoms with Crippen LogP contribution in [0.5, 0.6) is 0 Å². The van der Waals surface area contributed by atoms with Gasteiger partial charge in [-0.05, 0) is 49.1 Å². The zero-order valence-electron chi connectivity index (χ0n) is 12.1. The van der Waals surface area contributed by atoms with Crippen molar-refractivity contribution in [1.82, 2.24) is 4.98 Å². The molecule has 1 heterocycles. The van der Waals surface area contributed by atoms with E-state index in [0.717, 1.165) is 31.6 Å². The third kappa shape index (κ3) is 3.79. The third-order valence-electron chi connectivity index (χ3n) is 4.24. The van der Waals surface area contributed by atoms with E-state index in [0.29, 0.717) is 11.2 Å². The normalized spacial score (nSPS) is 23.9. The van der Waals surface area contributed by atoms with E-state index in [-0.39, 0.29) is 11.8 Å². The Hall–Kier alpha value is -1.38. The predicted octanol–water partition coefficient (Wildman–Crippen LogP) is 3.87. The molecule has 3 nitrogen and oxygen atoms in total. The predicted molar refractivity (Wildman–Crippen MR) is 77.8 cm³/mol. The van der Waals surface area contributed by atoms with Gasteiger partial charge in [-0.2, -0.15) is 0 Å². The Labute approximate surface area is 115 Å². The van der Waals surface area contributed by atoms with E-state index >= 15 is 0 Å². The number of carbonyl (C=O) groups is 1. The van der Waals surface area contributed by atoms with Crippen molar-refractivity contribution < 1.29 is 4.79 Å². The molecule has 0 unspecified atom stereocenters. The first-order valence-corrected chi connectivity index (χ1v) is 7.18. The molecular formula is C16H24N2O. The molecule has 0 bridgehead atoms. The van der Waals surface area contributed by atoms with Crippen molar-refractivity contribution in [2.24, 2.45) is 17.3 Å². The van der Waals surface area contributed by atoms with Crippen LogP contribution >= 0.6 is 0 Å². The van der Waals surface area contributed by atoms with E-state index in [2.05, 4.69) is 31.1 Å². The topological polar surface area (TPSA) is 42.0 Å². The number of anilines is 1. The molecule has 1 amide bonds. The lowest BCUT2D eigenvalue weighted by molar-refractivity contribution is -0.121. The first-order chi connectivity index (χ1) is 8.97. The van der Waals surface area contributed by atoms with E-state index in [1.165, 1.54) is 0 Å². The Balaban J connectivity index is 1.86. The van der Waals surface area contributed by atoms with E-state index in [1.807, 2.05) is 18.2 Å². The first-order valence-electron chi connectivity index (χ1n) is 7.18. The van der Waals surface area contributed by atoms with Crippen molar-refractivity contribution in [2.45, 2.75) is 46.5 Å². The lowest BCUT2D eigenvalue weighted by atomic mass is 9.70. The van der Waals surface area contributed by atoms with Crippen LogP contribution in [0.4, 0.5) is 5.82 Å². The summed E-state index contributed by atoms with van der Waals surface area (Å²) in [6, 6.07) is 5.57. The second kappa shape index (κ2) is 5.72. The summed E-state index contributed by atoms with van der Waals surface area (Å²) in [5.41, 5.74) is 0.364. The molecule has 1 aliphatic carbocycles. The number of hydrogen-bond donors (Lipinski definition) is 1. The maximum Gasteiger partial charge on any atom is 0.228 e. The van der Waals surface area contributed by atoms with E-state index in [9.17, 15) is 4.79 Å². The van der Waals surface area contributed by atoms with Crippen molar-refractivity contribution in [3.8, 4) is 0 Å². The molecule has 0 saturated heterocycles. The summed E-state index contributed by atoms with van der Waals surface area (Å²) in [4.78, 5) is 16.3. The molecule has 1 aromatic rings. The van der Waals surface area contributed by atoms with Gasteiger partial charge in [-0.1, -0.05) is 26.8 Å². The van der Waals surface area contributed by atoms with Crippen molar-refractivity contribution >= 4 is 11.7 Å². The molecule has 2 rings (SSSR count). The Kier molecular flexibility index (Phi) is 4.23. The average Bonchev–Trinajstić information content (AvgIpc) is 2.39. The van der Waals surface area contributed by atoms with Crippen LogP contribution in [0.15, 0.2) is 24.4 Å². The van der Waals surface area contributed by atoms with Crippen molar-refractivity contribution in [3.05, 3.63) is 24.4 Å². The highest BCUT2D eigenvalue weighted by Crippen LogP contribution is 2.39. The molecule has 0 spiro atoms. The number of pyridine rings is 1. The summed E-state index contributed by atoms with van der Waals surface area (Å²) in [7, 11) is 0. The van der Waals surface area contributed by atoms with Crippen molar-refractivity contribution in [3.63, 3.8) is 0 Å². The minimum absolute atomic E-state index is 0.131. The van der Waals surface area contributed by atoms with Crippen molar-refractivity contribution in [1.29, 1.82) is 0 Å². The standard InChI is InChI=1S/C16H24N2O/c1-16(2,3)13-9-7-12(8-10-13)15(19)18-14-6-4-5-11-17-14/h4-6,11-13H,7-10H2,1-3H3,(H,17,18,19). The monoisotopic (exact) mass is 260 g/mol. The Bertz CT molecular complexity index is 414. The molecule has 3 heteroatoms. The van der Waals surface area contributed by atoms with E-state index < -0.39 is 0 Å². The van der Waals surface area contributed by atoms with Crippen LogP contribution < -0.4 is 5.32 Å². The van der Waals surface area contributed by atoms with Crippen molar-refractivity contribution in [2.75, 3.05) is 5.32 Å². The van der Waals surface area contributed by atoms with Gasteiger partial charge in [-0.15, -0.1) is 0 Å². The summed E-state index contributed by atoms with van der Waals surface area (Å²) < 4.78 is 0. The maximum absolute atomic E-state index is 12.2. The fourth-order valence-corrected chi connectivity index (χ4v) is 2.89. The van der Waals surface area contributed by atoms with Gasteiger partial charge in [0.1, 0.15) is 5.82 Å². The number of nitrogens with zero attached hydrogens (tertiary/aromatic N) is 1. The van der Waals surface area contributed by atoms with Crippen LogP contribution in [0.2, 0.25) is 0 Å². The molecule has 104 valence electrons. The van der Waals surface area contributed by atoms with Gasteiger partial charge in [-0.3, -0.25) is 4.79 Å². The zero-order chi connectivity index (χ0) is 13.9. The van der Waals surface area contributed by atoms with Crippen LogP contribution in [0.3, 0.4) is 0 Å². The zero-order valence-corrected chi connectivity index (χ0v) is 12.1. The van der Waals surface area contributed by atoms with Gasteiger partial charge < -0.3 is 5.32 Å². The Morgan fingerprint density at radius 3 is 2.42 bits per heavy atom. The van der Waals surface area contributed by atoms with E-state index in [4.69, 9.17) is 0 Å². The molecule has 1 fully saturated rings. The van der Waals surface area contributed by atoms with Gasteiger partial charge in [0.25, 0.3) is 0 Å². The minimum atomic E-state index is 0.131. The van der Waals surface area contributed by atoms with Gasteiger partial charge in [0, 0.05) is 12.1 Å². The minimum Gasteiger partial charge on any atom is -0.310 e. The number of carbonyl (C=O) groups excluding carboxylic acids is 1. The lowest BCUT2D eigenvalue weighted by Gasteiger charge is -2.36. The second-order valence-electron chi connectivity index (χ2n) is 6.62. The molecule has 19 heavy (non-hydrogen) atoms. The summed E-state index contributed by atoms with van der Waals surface area (Å²) in [6.45, 7) is 6.89. The first kappa shape index (κ1) is 14.0. The molecular weight excluding hydrogens is 236 g/mol. The highest BCUT2D eigenvalue weighted by Gasteiger charge is 2.32. The van der Waals surface area contributed by atoms with Crippen LogP contribution in [0.1, 0.15) is 46.5 Å². The van der Waals surface area contributed by atoms with Crippen LogP contribution in [-0.2, 0) is 4.79 Å². The number of aromatic nitrogens is 1. The molecule has 0 atom stereocenters. The SMILES string of the molecule is CC(C)(C)C1CCC(C(=O)Nc2ccccn2)CC1. The Morgan fingerprint density at radius 2 is 1.89 bits per heavy atom. The van der Waals surface area contributed by atoms with Gasteiger partial charge in [0.05, 0.1) is 0 Å². The van der Waals surface area contributed by atoms with Gasteiger partial charge in [0.2, 0.25) is 5.91 Å².